The SMILES string of the molecule is CN1N=C(C(=O)NCc2cc(C(=O)O)ccn2)CCC1=O. The minimum atomic E-state index is -1.05. The minimum absolute atomic E-state index is 0.0939. The highest BCUT2D eigenvalue weighted by atomic mass is 16.4. The van der Waals surface area contributed by atoms with Gasteiger partial charge in [0.15, 0.2) is 0 Å². The third-order valence-corrected chi connectivity index (χ3v) is 2.96. The Morgan fingerprint density at radius 2 is 2.19 bits per heavy atom. The summed E-state index contributed by atoms with van der Waals surface area (Å²) in [5.74, 6) is -1.58. The van der Waals surface area contributed by atoms with Crippen LogP contribution in [-0.2, 0) is 16.1 Å². The number of amides is 2. The van der Waals surface area contributed by atoms with Crippen LogP contribution in [0.4, 0.5) is 0 Å². The molecule has 1 aliphatic heterocycles. The van der Waals surface area contributed by atoms with Gasteiger partial charge in [-0.25, -0.2) is 9.80 Å². The Labute approximate surface area is 120 Å². The number of nitrogens with zero attached hydrogens (tertiary/aromatic N) is 3. The number of nitrogens with one attached hydrogen (secondary N) is 1. The lowest BCUT2D eigenvalue weighted by Crippen LogP contribution is -2.37. The molecular weight excluding hydrogens is 276 g/mol. The zero-order chi connectivity index (χ0) is 15.4. The van der Waals surface area contributed by atoms with Gasteiger partial charge in [0, 0.05) is 26.1 Å². The smallest absolute Gasteiger partial charge is 0.335 e. The van der Waals surface area contributed by atoms with E-state index in [1.165, 1.54) is 25.4 Å². The van der Waals surface area contributed by atoms with E-state index < -0.39 is 11.9 Å². The van der Waals surface area contributed by atoms with Crippen LogP contribution in [0.1, 0.15) is 28.9 Å². The Hall–Kier alpha value is -2.77. The van der Waals surface area contributed by atoms with E-state index in [1.54, 1.807) is 0 Å². The molecule has 0 fully saturated rings. The van der Waals surface area contributed by atoms with Gasteiger partial charge in [-0.2, -0.15) is 5.10 Å². The number of carbonyl (C=O) groups is 3. The molecule has 0 radical (unpaired) electrons. The number of aromatic nitrogens is 1. The van der Waals surface area contributed by atoms with Crippen molar-refractivity contribution in [1.29, 1.82) is 0 Å². The van der Waals surface area contributed by atoms with E-state index in [0.717, 1.165) is 5.01 Å². The van der Waals surface area contributed by atoms with Crippen molar-refractivity contribution in [2.45, 2.75) is 19.4 Å². The van der Waals surface area contributed by atoms with Crippen LogP contribution < -0.4 is 5.32 Å². The van der Waals surface area contributed by atoms with Crippen molar-refractivity contribution < 1.29 is 19.5 Å². The molecular formula is C13H14N4O4. The van der Waals surface area contributed by atoms with Gasteiger partial charge in [0.1, 0.15) is 5.71 Å². The van der Waals surface area contributed by atoms with Crippen LogP contribution in [0.15, 0.2) is 23.4 Å². The lowest BCUT2D eigenvalue weighted by Gasteiger charge is -2.18. The van der Waals surface area contributed by atoms with E-state index in [0.29, 0.717) is 5.69 Å². The highest BCUT2D eigenvalue weighted by molar-refractivity contribution is 6.39. The van der Waals surface area contributed by atoms with Crippen LogP contribution in [0.3, 0.4) is 0 Å². The van der Waals surface area contributed by atoms with Gasteiger partial charge in [-0.1, -0.05) is 0 Å². The maximum atomic E-state index is 11.9. The summed E-state index contributed by atoms with van der Waals surface area (Å²) >= 11 is 0. The number of rotatable bonds is 4. The van der Waals surface area contributed by atoms with E-state index in [9.17, 15) is 14.4 Å². The van der Waals surface area contributed by atoms with Gasteiger partial charge in [0.25, 0.3) is 5.91 Å². The first-order valence-electron chi connectivity index (χ1n) is 6.28. The third-order valence-electron chi connectivity index (χ3n) is 2.96. The second-order valence-corrected chi connectivity index (χ2v) is 4.49. The number of carboxylic acids is 1. The van der Waals surface area contributed by atoms with Gasteiger partial charge in [0.05, 0.1) is 17.8 Å². The summed E-state index contributed by atoms with van der Waals surface area (Å²) in [4.78, 5) is 38.0. The van der Waals surface area contributed by atoms with Crippen molar-refractivity contribution in [3.63, 3.8) is 0 Å². The normalized spacial score (nSPS) is 14.6. The van der Waals surface area contributed by atoms with E-state index >= 15 is 0 Å². The van der Waals surface area contributed by atoms with Crippen molar-refractivity contribution in [3.05, 3.63) is 29.6 Å². The van der Waals surface area contributed by atoms with Gasteiger partial charge < -0.3 is 10.4 Å². The maximum absolute atomic E-state index is 11.9. The van der Waals surface area contributed by atoms with E-state index in [-0.39, 0.29) is 36.6 Å². The van der Waals surface area contributed by atoms with Gasteiger partial charge in [-0.3, -0.25) is 14.6 Å². The molecule has 2 rings (SSSR count). The molecule has 2 amide bonds. The maximum Gasteiger partial charge on any atom is 0.335 e. The van der Waals surface area contributed by atoms with E-state index in [4.69, 9.17) is 5.11 Å². The number of hydrazone groups is 1. The van der Waals surface area contributed by atoms with Crippen LogP contribution in [0, 0.1) is 0 Å². The Bertz CT molecular complexity index is 626. The Balaban J connectivity index is 1.98. The predicted octanol–water partition coefficient (Wildman–Crippen LogP) is 0.00420. The molecule has 110 valence electrons. The highest BCUT2D eigenvalue weighted by Crippen LogP contribution is 2.07. The monoisotopic (exact) mass is 290 g/mol. The van der Waals surface area contributed by atoms with Crippen LogP contribution in [0.2, 0.25) is 0 Å². The Morgan fingerprint density at radius 1 is 1.43 bits per heavy atom. The second-order valence-electron chi connectivity index (χ2n) is 4.49. The molecule has 0 unspecified atom stereocenters. The van der Waals surface area contributed by atoms with Crippen molar-refractivity contribution in [2.24, 2.45) is 5.10 Å². The third kappa shape index (κ3) is 3.62. The molecule has 0 aliphatic carbocycles. The zero-order valence-corrected chi connectivity index (χ0v) is 11.4. The molecule has 21 heavy (non-hydrogen) atoms. The van der Waals surface area contributed by atoms with Crippen molar-refractivity contribution in [2.75, 3.05) is 7.05 Å². The Morgan fingerprint density at radius 3 is 2.86 bits per heavy atom. The van der Waals surface area contributed by atoms with E-state index in [2.05, 4.69) is 15.4 Å². The van der Waals surface area contributed by atoms with Crippen LogP contribution >= 0.6 is 0 Å². The number of carboxylic acid groups (broad SMARTS) is 1. The summed E-state index contributed by atoms with van der Waals surface area (Å²) in [6.45, 7) is 0.0939. The first kappa shape index (κ1) is 14.6. The fourth-order valence-corrected chi connectivity index (χ4v) is 1.81. The number of pyridine rings is 1. The summed E-state index contributed by atoms with van der Waals surface area (Å²) in [7, 11) is 1.49. The van der Waals surface area contributed by atoms with Gasteiger partial charge in [0.2, 0.25) is 5.91 Å². The number of hydrogen-bond donors (Lipinski definition) is 2. The topological polar surface area (TPSA) is 112 Å². The summed E-state index contributed by atoms with van der Waals surface area (Å²) in [6.07, 6.45) is 1.91. The molecule has 8 heteroatoms. The largest absolute Gasteiger partial charge is 0.478 e. The molecule has 0 spiro atoms. The van der Waals surface area contributed by atoms with Gasteiger partial charge in [-0.15, -0.1) is 0 Å². The molecule has 8 nitrogen and oxygen atoms in total. The van der Waals surface area contributed by atoms with Crippen LogP contribution in [-0.4, -0.2) is 45.6 Å². The number of carbonyl (C=O) groups excluding carboxylic acids is 2. The molecule has 2 N–H and O–H groups in total. The first-order valence-corrected chi connectivity index (χ1v) is 6.28. The molecule has 1 aliphatic rings. The van der Waals surface area contributed by atoms with Crippen molar-refractivity contribution in [1.82, 2.24) is 15.3 Å². The predicted molar refractivity (Wildman–Crippen MR) is 72.5 cm³/mol. The summed E-state index contributed by atoms with van der Waals surface area (Å²) in [5, 5.41) is 16.5. The molecule has 0 saturated heterocycles. The quantitative estimate of drug-likeness (QED) is 0.811. The second kappa shape index (κ2) is 6.12. The fourth-order valence-electron chi connectivity index (χ4n) is 1.81. The lowest BCUT2D eigenvalue weighted by molar-refractivity contribution is -0.130. The number of aromatic carboxylic acids is 1. The lowest BCUT2D eigenvalue weighted by atomic mass is 10.1. The average Bonchev–Trinajstić information content (AvgIpc) is 2.48. The van der Waals surface area contributed by atoms with Crippen LogP contribution in [0.5, 0.6) is 0 Å². The molecule has 1 aromatic rings. The molecule has 0 atom stereocenters. The zero-order valence-electron chi connectivity index (χ0n) is 11.4. The van der Waals surface area contributed by atoms with Gasteiger partial charge >= 0.3 is 5.97 Å². The van der Waals surface area contributed by atoms with Crippen molar-refractivity contribution >= 4 is 23.5 Å². The van der Waals surface area contributed by atoms with Crippen molar-refractivity contribution in [3.8, 4) is 0 Å². The minimum Gasteiger partial charge on any atom is -0.478 e. The van der Waals surface area contributed by atoms with Crippen LogP contribution in [0.25, 0.3) is 0 Å². The molecule has 0 bridgehead atoms. The number of hydrogen-bond acceptors (Lipinski definition) is 5. The van der Waals surface area contributed by atoms with Gasteiger partial charge in [-0.05, 0) is 12.1 Å². The molecule has 1 aromatic heterocycles. The highest BCUT2D eigenvalue weighted by Gasteiger charge is 2.21. The summed E-state index contributed by atoms with van der Waals surface area (Å²) < 4.78 is 0. The fraction of sp³-hybridized carbons (Fsp3) is 0.308. The summed E-state index contributed by atoms with van der Waals surface area (Å²) in [5.41, 5.74) is 0.810. The van der Waals surface area contributed by atoms with E-state index in [1.807, 2.05) is 0 Å². The standard InChI is InChI=1S/C13H14N4O4/c1-17-11(18)3-2-10(16-17)12(19)15-7-9-6-8(13(20)21)4-5-14-9/h4-6H,2-3,7H2,1H3,(H,15,19)(H,20,21). The average molecular weight is 290 g/mol. The molecule has 0 saturated carbocycles. The first-order chi connectivity index (χ1) is 9.97. The Kier molecular flexibility index (Phi) is 4.27. The molecule has 0 aromatic carbocycles. The summed E-state index contributed by atoms with van der Waals surface area (Å²) in [6, 6.07) is 2.76. The molecule has 2 heterocycles.